The summed E-state index contributed by atoms with van der Waals surface area (Å²) in [5.41, 5.74) is 1.65. The van der Waals surface area contributed by atoms with E-state index in [0.717, 1.165) is 11.8 Å². The van der Waals surface area contributed by atoms with Crippen LogP contribution in [-0.4, -0.2) is 47.0 Å². The highest BCUT2D eigenvalue weighted by Crippen LogP contribution is 2.18. The molecule has 0 atom stereocenters. The zero-order valence-electron chi connectivity index (χ0n) is 18.6. The number of carbonyl (C=O) groups is 1. The Morgan fingerprint density at radius 1 is 0.853 bits per heavy atom. The van der Waals surface area contributed by atoms with Gasteiger partial charge < -0.3 is 10.1 Å². The first-order chi connectivity index (χ1) is 16.0. The molecule has 0 spiro atoms. The fourth-order valence-electron chi connectivity index (χ4n) is 2.85. The third-order valence-electron chi connectivity index (χ3n) is 4.74. The molecule has 2 N–H and O–H groups in total. The molecule has 180 valence electrons. The summed E-state index contributed by atoms with van der Waals surface area (Å²) >= 11 is 0. The third-order valence-corrected chi connectivity index (χ3v) is 7.40. The average Bonchev–Trinajstić information content (AvgIpc) is 2.79. The molecule has 3 aromatic rings. The molecule has 0 unspecified atom stereocenters. The molecule has 3 rings (SSSR count). The predicted octanol–water partition coefficient (Wildman–Crippen LogP) is 2.90. The van der Waals surface area contributed by atoms with E-state index in [-0.39, 0.29) is 18.0 Å². The van der Waals surface area contributed by atoms with E-state index in [9.17, 15) is 21.6 Å². The van der Waals surface area contributed by atoms with Gasteiger partial charge in [0.15, 0.2) is 6.61 Å². The highest BCUT2D eigenvalue weighted by molar-refractivity contribution is 7.92. The maximum atomic E-state index is 12.5. The Labute approximate surface area is 199 Å². The van der Waals surface area contributed by atoms with E-state index in [0.29, 0.717) is 17.1 Å². The number of benzene rings is 3. The fraction of sp³-hybridized carbons (Fsp3) is 0.174. The van der Waals surface area contributed by atoms with Crippen LogP contribution in [0, 0.1) is 0 Å². The van der Waals surface area contributed by atoms with Crippen molar-refractivity contribution < 1.29 is 26.4 Å². The Hall–Kier alpha value is -3.41. The first-order valence-corrected chi connectivity index (χ1v) is 13.5. The van der Waals surface area contributed by atoms with Gasteiger partial charge in [-0.3, -0.25) is 9.52 Å². The second kappa shape index (κ2) is 10.7. The largest absolute Gasteiger partial charge is 0.484 e. The van der Waals surface area contributed by atoms with E-state index in [1.54, 1.807) is 54.6 Å². The van der Waals surface area contributed by atoms with Crippen LogP contribution in [0.5, 0.6) is 5.75 Å². The molecule has 3 aromatic carbocycles. The first kappa shape index (κ1) is 25.2. The SMILES string of the molecule is CN(Cc1ccc(OCC(=O)Nc2ccc(S(=O)(=O)Nc3ccccc3)cc2)cc1)S(C)(=O)=O. The van der Waals surface area contributed by atoms with Gasteiger partial charge >= 0.3 is 0 Å². The normalized spacial score (nSPS) is 11.7. The minimum absolute atomic E-state index is 0.0622. The summed E-state index contributed by atoms with van der Waals surface area (Å²) in [6, 6.07) is 21.0. The number of hydrogen-bond donors (Lipinski definition) is 2. The molecule has 0 bridgehead atoms. The Morgan fingerprint density at radius 2 is 1.47 bits per heavy atom. The number of rotatable bonds is 10. The number of amides is 1. The molecular weight excluding hydrogens is 478 g/mol. The minimum Gasteiger partial charge on any atom is -0.484 e. The first-order valence-electron chi connectivity index (χ1n) is 10.1. The molecule has 0 radical (unpaired) electrons. The van der Waals surface area contributed by atoms with Crippen LogP contribution < -0.4 is 14.8 Å². The van der Waals surface area contributed by atoms with E-state index in [1.165, 1.54) is 35.6 Å². The van der Waals surface area contributed by atoms with E-state index in [1.807, 2.05) is 0 Å². The van der Waals surface area contributed by atoms with Gasteiger partial charge in [0.1, 0.15) is 5.75 Å². The number of ether oxygens (including phenoxy) is 1. The fourth-order valence-corrected chi connectivity index (χ4v) is 4.29. The lowest BCUT2D eigenvalue weighted by Gasteiger charge is -2.14. The third kappa shape index (κ3) is 7.30. The molecule has 0 aliphatic rings. The van der Waals surface area contributed by atoms with Crippen molar-refractivity contribution >= 4 is 37.3 Å². The van der Waals surface area contributed by atoms with Gasteiger partial charge in [0.05, 0.1) is 11.2 Å². The molecule has 11 heteroatoms. The van der Waals surface area contributed by atoms with Crippen LogP contribution in [0.4, 0.5) is 11.4 Å². The van der Waals surface area contributed by atoms with Gasteiger partial charge in [-0.05, 0) is 54.1 Å². The molecule has 1 amide bonds. The molecule has 0 saturated carbocycles. The average molecular weight is 504 g/mol. The summed E-state index contributed by atoms with van der Waals surface area (Å²) < 4.78 is 57.1. The maximum Gasteiger partial charge on any atom is 0.262 e. The molecular formula is C23H25N3O6S2. The van der Waals surface area contributed by atoms with Crippen molar-refractivity contribution in [1.82, 2.24) is 4.31 Å². The lowest BCUT2D eigenvalue weighted by atomic mass is 10.2. The van der Waals surface area contributed by atoms with E-state index >= 15 is 0 Å². The summed E-state index contributed by atoms with van der Waals surface area (Å²) in [6.07, 6.45) is 1.14. The van der Waals surface area contributed by atoms with Crippen molar-refractivity contribution in [3.63, 3.8) is 0 Å². The monoisotopic (exact) mass is 503 g/mol. The lowest BCUT2D eigenvalue weighted by molar-refractivity contribution is -0.118. The number of nitrogens with one attached hydrogen (secondary N) is 2. The van der Waals surface area contributed by atoms with Crippen molar-refractivity contribution in [2.45, 2.75) is 11.4 Å². The van der Waals surface area contributed by atoms with Crippen LogP contribution in [0.1, 0.15) is 5.56 Å². The molecule has 0 aliphatic carbocycles. The summed E-state index contributed by atoms with van der Waals surface area (Å²) in [7, 11) is -5.53. The Balaban J connectivity index is 1.51. The highest BCUT2D eigenvalue weighted by atomic mass is 32.2. The number of sulfonamides is 2. The molecule has 0 fully saturated rings. The Morgan fingerprint density at radius 3 is 2.06 bits per heavy atom. The topological polar surface area (TPSA) is 122 Å². The van der Waals surface area contributed by atoms with Crippen molar-refractivity contribution in [3.05, 3.63) is 84.4 Å². The number of para-hydroxylation sites is 1. The van der Waals surface area contributed by atoms with Crippen LogP contribution in [0.15, 0.2) is 83.8 Å². The van der Waals surface area contributed by atoms with Crippen LogP contribution in [0.3, 0.4) is 0 Å². The predicted molar refractivity (Wildman–Crippen MR) is 131 cm³/mol. The van der Waals surface area contributed by atoms with Crippen LogP contribution >= 0.6 is 0 Å². The van der Waals surface area contributed by atoms with Gasteiger partial charge in [0.25, 0.3) is 15.9 Å². The zero-order valence-corrected chi connectivity index (χ0v) is 20.3. The van der Waals surface area contributed by atoms with Crippen molar-refractivity contribution in [1.29, 1.82) is 0 Å². The van der Waals surface area contributed by atoms with Crippen LogP contribution in [-0.2, 0) is 31.4 Å². The maximum absolute atomic E-state index is 12.5. The molecule has 0 saturated heterocycles. The van der Waals surface area contributed by atoms with Crippen molar-refractivity contribution in [3.8, 4) is 5.75 Å². The molecule has 0 aromatic heterocycles. The smallest absolute Gasteiger partial charge is 0.262 e. The summed E-state index contributed by atoms with van der Waals surface area (Å²) in [5, 5.41) is 2.64. The van der Waals surface area contributed by atoms with Gasteiger partial charge in [0.2, 0.25) is 10.0 Å². The lowest BCUT2D eigenvalue weighted by Crippen LogP contribution is -2.24. The van der Waals surface area contributed by atoms with E-state index in [4.69, 9.17) is 4.74 Å². The summed E-state index contributed by atoms with van der Waals surface area (Å²) in [5.74, 6) is 0.0354. The zero-order chi connectivity index (χ0) is 24.8. The van der Waals surface area contributed by atoms with Gasteiger partial charge in [-0.1, -0.05) is 30.3 Å². The standard InChI is InChI=1S/C23H25N3O6S2/c1-26(33(2,28)29)16-18-8-12-21(13-9-18)32-17-23(27)24-19-10-14-22(15-11-19)34(30,31)25-20-6-4-3-5-7-20/h3-15,25H,16-17H2,1-2H3,(H,24,27). The van der Waals surface area contributed by atoms with E-state index in [2.05, 4.69) is 10.0 Å². The molecule has 0 heterocycles. The minimum atomic E-state index is -3.75. The molecule has 9 nitrogen and oxygen atoms in total. The summed E-state index contributed by atoms with van der Waals surface area (Å²) in [4.78, 5) is 12.3. The van der Waals surface area contributed by atoms with E-state index < -0.39 is 26.0 Å². The quantitative estimate of drug-likeness (QED) is 0.439. The Kier molecular flexibility index (Phi) is 7.92. The van der Waals surface area contributed by atoms with Crippen LogP contribution in [0.25, 0.3) is 0 Å². The number of anilines is 2. The van der Waals surface area contributed by atoms with Gasteiger partial charge in [-0.25, -0.2) is 21.1 Å². The highest BCUT2D eigenvalue weighted by Gasteiger charge is 2.14. The second-order valence-corrected chi connectivity index (χ2v) is 11.3. The number of carbonyl (C=O) groups excluding carboxylic acids is 1. The Bertz CT molecular complexity index is 1330. The van der Waals surface area contributed by atoms with Crippen molar-refractivity contribution in [2.24, 2.45) is 0 Å². The second-order valence-electron chi connectivity index (χ2n) is 7.50. The number of hydrogen-bond acceptors (Lipinski definition) is 6. The van der Waals surface area contributed by atoms with Gasteiger partial charge in [-0.2, -0.15) is 0 Å². The van der Waals surface area contributed by atoms with Gasteiger partial charge in [-0.15, -0.1) is 0 Å². The van der Waals surface area contributed by atoms with Crippen LogP contribution in [0.2, 0.25) is 0 Å². The molecule has 34 heavy (non-hydrogen) atoms. The summed E-state index contributed by atoms with van der Waals surface area (Å²) in [6.45, 7) is -0.0234. The number of nitrogens with zero attached hydrogens (tertiary/aromatic N) is 1. The van der Waals surface area contributed by atoms with Gasteiger partial charge in [0, 0.05) is 25.0 Å². The molecule has 0 aliphatic heterocycles. The van der Waals surface area contributed by atoms with Crippen molar-refractivity contribution in [2.75, 3.05) is 29.9 Å².